The molecule has 0 aromatic heterocycles. The zero-order valence-corrected chi connectivity index (χ0v) is 24.3. The molecule has 1 saturated heterocycles. The second kappa shape index (κ2) is 11.1. The van der Waals surface area contributed by atoms with Crippen molar-refractivity contribution >= 4 is 27.8 Å². The Kier molecular flexibility index (Phi) is 8.72. The highest BCUT2D eigenvalue weighted by atomic mass is 79.9. The van der Waals surface area contributed by atoms with Crippen LogP contribution in [0.25, 0.3) is 0 Å². The maximum atomic E-state index is 13.7. The third-order valence-corrected chi connectivity index (χ3v) is 7.58. The van der Waals surface area contributed by atoms with Gasteiger partial charge < -0.3 is 15.1 Å². The number of ketones is 1. The smallest absolute Gasteiger partial charge is 0.182 e. The largest absolute Gasteiger partial charge is 0.507 e. The Morgan fingerprint density at radius 2 is 1.67 bits per heavy atom. The average Bonchev–Trinajstić information content (AvgIpc) is 3.14. The molecule has 1 aliphatic rings. The predicted molar refractivity (Wildman–Crippen MR) is 151 cm³/mol. The summed E-state index contributed by atoms with van der Waals surface area (Å²) in [5, 5.41) is 21.0. The minimum atomic E-state index is -0.304. The number of hydrogen-bond donors (Lipinski definition) is 2. The van der Waals surface area contributed by atoms with E-state index in [1.54, 1.807) is 0 Å². The van der Waals surface area contributed by atoms with Gasteiger partial charge in [0.2, 0.25) is 0 Å². The zero-order chi connectivity index (χ0) is 26.8. The lowest BCUT2D eigenvalue weighted by atomic mass is 9.78. The van der Waals surface area contributed by atoms with E-state index < -0.39 is 0 Å². The molecular weight excluding hydrogens is 516 g/mol. The summed E-state index contributed by atoms with van der Waals surface area (Å²) in [4.78, 5) is 15.8. The summed E-state index contributed by atoms with van der Waals surface area (Å²) in [6.07, 6.45) is 2.03. The summed E-state index contributed by atoms with van der Waals surface area (Å²) < 4.78 is 4.49. The highest BCUT2D eigenvalue weighted by molar-refractivity contribution is 9.08. The second-order valence-corrected chi connectivity index (χ2v) is 12.4. The fraction of sp³-hybridized carbons (Fsp3) is 0.533. The van der Waals surface area contributed by atoms with Crippen molar-refractivity contribution in [3.05, 3.63) is 64.2 Å². The Morgan fingerprint density at radius 3 is 2.17 bits per heavy atom. The number of phenols is 1. The molecule has 0 bridgehead atoms. The van der Waals surface area contributed by atoms with Crippen LogP contribution in [0.4, 0.5) is 0 Å². The minimum Gasteiger partial charge on any atom is -0.507 e. The van der Waals surface area contributed by atoms with Gasteiger partial charge >= 0.3 is 0 Å². The van der Waals surface area contributed by atoms with Gasteiger partial charge in [-0.1, -0.05) is 79.2 Å². The third kappa shape index (κ3) is 5.86. The zero-order valence-electron chi connectivity index (χ0n) is 22.7. The van der Waals surface area contributed by atoms with Crippen molar-refractivity contribution in [3.63, 3.8) is 0 Å². The number of nitrogens with zero attached hydrogens (tertiary/aromatic N) is 2. The van der Waals surface area contributed by atoms with Gasteiger partial charge in [-0.15, -0.1) is 0 Å². The van der Waals surface area contributed by atoms with Gasteiger partial charge in [-0.25, -0.2) is 0 Å². The van der Waals surface area contributed by atoms with Crippen LogP contribution < -0.4 is 0 Å². The summed E-state index contributed by atoms with van der Waals surface area (Å²) >= 11 is 3.35. The molecule has 1 aliphatic heterocycles. The predicted octanol–water partition coefficient (Wildman–Crippen LogP) is 6.89. The van der Waals surface area contributed by atoms with Gasteiger partial charge in [-0.3, -0.25) is 4.79 Å². The number of carbonyl (C=O) groups is 1. The first-order chi connectivity index (χ1) is 16.8. The monoisotopic (exact) mass is 556 g/mol. The van der Waals surface area contributed by atoms with Gasteiger partial charge in [0.15, 0.2) is 5.78 Å². The molecule has 2 aromatic rings. The average molecular weight is 558 g/mol. The van der Waals surface area contributed by atoms with Gasteiger partial charge in [0.1, 0.15) is 11.6 Å². The van der Waals surface area contributed by atoms with E-state index in [4.69, 9.17) is 0 Å². The van der Waals surface area contributed by atoms with Crippen LogP contribution in [0, 0.1) is 5.92 Å². The molecule has 2 aromatic carbocycles. The van der Waals surface area contributed by atoms with E-state index in [2.05, 4.69) is 79.6 Å². The number of amidine groups is 1. The lowest BCUT2D eigenvalue weighted by Gasteiger charge is -2.28. The highest BCUT2D eigenvalue weighted by Gasteiger charge is 2.40. The summed E-state index contributed by atoms with van der Waals surface area (Å²) in [5.41, 5.74) is 3.54. The molecule has 2 atom stereocenters. The topological polar surface area (TPSA) is 73.1 Å². The van der Waals surface area contributed by atoms with Crippen molar-refractivity contribution in [3.8, 4) is 5.75 Å². The fourth-order valence-corrected chi connectivity index (χ4v) is 5.79. The van der Waals surface area contributed by atoms with E-state index in [1.165, 1.54) is 0 Å². The van der Waals surface area contributed by atoms with Crippen molar-refractivity contribution in [2.75, 3.05) is 13.1 Å². The number of benzene rings is 2. The number of rotatable bonds is 7. The minimum absolute atomic E-state index is 0.00555. The van der Waals surface area contributed by atoms with Crippen molar-refractivity contribution in [2.45, 2.75) is 84.7 Å². The first kappa shape index (κ1) is 28.4. The van der Waals surface area contributed by atoms with Crippen molar-refractivity contribution in [1.82, 2.24) is 4.90 Å². The van der Waals surface area contributed by atoms with E-state index in [0.29, 0.717) is 11.5 Å². The summed E-state index contributed by atoms with van der Waals surface area (Å²) in [6, 6.07) is 11.7. The number of halogens is 1. The number of likely N-dealkylation sites (tertiary alicyclic amines) is 1. The fourth-order valence-electron chi connectivity index (χ4n) is 5.35. The molecule has 196 valence electrons. The van der Waals surface area contributed by atoms with E-state index >= 15 is 0 Å². The van der Waals surface area contributed by atoms with Crippen molar-refractivity contribution in [1.29, 1.82) is 0 Å². The van der Waals surface area contributed by atoms with Crippen LogP contribution in [0.2, 0.25) is 0 Å². The number of aliphatic hydroxyl groups excluding tert-OH is 1. The molecule has 0 radical (unpaired) electrons. The third-order valence-electron chi connectivity index (χ3n) is 7.22. The van der Waals surface area contributed by atoms with E-state index in [9.17, 15) is 15.0 Å². The molecule has 6 heteroatoms. The molecule has 1 fully saturated rings. The van der Waals surface area contributed by atoms with Crippen LogP contribution in [0.3, 0.4) is 0 Å². The number of aliphatic hydroxyl groups is 1. The van der Waals surface area contributed by atoms with Crippen LogP contribution in [-0.2, 0) is 17.4 Å². The van der Waals surface area contributed by atoms with E-state index in [-0.39, 0.29) is 41.4 Å². The van der Waals surface area contributed by atoms with Crippen LogP contribution in [0.1, 0.15) is 99.8 Å². The van der Waals surface area contributed by atoms with Crippen LogP contribution in [0.5, 0.6) is 5.75 Å². The maximum absolute atomic E-state index is 13.7. The molecule has 2 N–H and O–H groups in total. The molecule has 0 amide bonds. The number of Topliss-reactive ketones (excluding diaryl/α,β-unsaturated/α-hetero) is 1. The van der Waals surface area contributed by atoms with Gasteiger partial charge in [0.25, 0.3) is 0 Å². The van der Waals surface area contributed by atoms with Crippen LogP contribution in [-0.4, -0.2) is 39.8 Å². The first-order valence-corrected chi connectivity index (χ1v) is 13.6. The second-order valence-electron chi connectivity index (χ2n) is 12.0. The van der Waals surface area contributed by atoms with Crippen molar-refractivity contribution < 1.29 is 15.0 Å². The highest BCUT2D eigenvalue weighted by Crippen LogP contribution is 2.41. The van der Waals surface area contributed by atoms with E-state index in [1.807, 2.05) is 30.3 Å². The normalized spacial score (nSPS) is 19.8. The molecule has 3 rings (SSSR count). The Morgan fingerprint density at radius 1 is 1.08 bits per heavy atom. The van der Waals surface area contributed by atoms with Gasteiger partial charge in [0, 0.05) is 29.2 Å². The summed E-state index contributed by atoms with van der Waals surface area (Å²) in [5.74, 6) is 1.41. The Bertz CT molecular complexity index is 1090. The number of hydrogen-bond acceptors (Lipinski definition) is 4. The molecular formula is C30H41BrN2O3. The molecule has 1 heterocycles. The van der Waals surface area contributed by atoms with E-state index in [0.717, 1.165) is 47.5 Å². The molecule has 0 aliphatic carbocycles. The molecule has 0 saturated carbocycles. The van der Waals surface area contributed by atoms with Gasteiger partial charge in [-0.2, -0.15) is 4.02 Å². The maximum Gasteiger partial charge on any atom is 0.182 e. The summed E-state index contributed by atoms with van der Waals surface area (Å²) in [6.45, 7) is 15.4. The molecule has 5 nitrogen and oxygen atoms in total. The van der Waals surface area contributed by atoms with Crippen LogP contribution >= 0.6 is 16.1 Å². The summed E-state index contributed by atoms with van der Waals surface area (Å²) in [7, 11) is 0. The van der Waals surface area contributed by atoms with Crippen LogP contribution in [0.15, 0.2) is 40.4 Å². The number of aromatic hydroxyl groups is 1. The SMILES string of the molecule is CCC[C@H]1CN(CC(=O)c2cc(C(C)(C)C)c(O)c(C(C)(C)C)c2)/C(=N\Br)[C@@H]1c1ccccc1CO. The number of carbonyl (C=O) groups excluding carboxylic acids is 1. The first-order valence-electron chi connectivity index (χ1n) is 12.9. The Labute approximate surface area is 225 Å². The van der Waals surface area contributed by atoms with Gasteiger partial charge in [0.05, 0.1) is 29.3 Å². The Hall–Kier alpha value is -2.18. The molecule has 36 heavy (non-hydrogen) atoms. The molecule has 0 spiro atoms. The standard InChI is InChI=1S/C30H41BrN2O3/c1-8-11-19-16-33(28(32-31)26(19)22-13-10-9-12-20(22)18-34)17-25(35)21-14-23(29(2,3)4)27(36)24(15-21)30(5,6)7/h9-10,12-15,19,26,34,36H,8,11,16-18H2,1-7H3/b32-28-/t19-,26-/m0/s1. The quantitative estimate of drug-likeness (QED) is 0.364. The lowest BCUT2D eigenvalue weighted by molar-refractivity contribution is 0.0963. The lowest BCUT2D eigenvalue weighted by Crippen LogP contribution is -2.33. The van der Waals surface area contributed by atoms with Crippen molar-refractivity contribution in [2.24, 2.45) is 9.94 Å². The molecule has 0 unspecified atom stereocenters. The van der Waals surface area contributed by atoms with Gasteiger partial charge in [-0.05, 0) is 46.4 Å². The number of phenolic OH excluding ortho intramolecular Hbond substituents is 1. The Balaban J connectivity index is 2.01.